The van der Waals surface area contributed by atoms with E-state index in [0.717, 1.165) is 18.4 Å². The SMILES string of the molecule is COc1cccc(-c2noc(C3CCCN3C(=O)c3ccc(F)cc3)n2)c1. The van der Waals surface area contributed by atoms with Gasteiger partial charge in [-0.3, -0.25) is 4.79 Å². The summed E-state index contributed by atoms with van der Waals surface area (Å²) in [5.74, 6) is 1.02. The van der Waals surface area contributed by atoms with Crippen molar-refractivity contribution >= 4 is 5.91 Å². The zero-order valence-electron chi connectivity index (χ0n) is 14.8. The first kappa shape index (κ1) is 17.2. The third-order valence-electron chi connectivity index (χ3n) is 4.66. The molecule has 1 aromatic heterocycles. The van der Waals surface area contributed by atoms with Gasteiger partial charge in [0.15, 0.2) is 0 Å². The van der Waals surface area contributed by atoms with Gasteiger partial charge >= 0.3 is 0 Å². The maximum Gasteiger partial charge on any atom is 0.254 e. The van der Waals surface area contributed by atoms with Gasteiger partial charge in [0.05, 0.1) is 7.11 Å². The number of rotatable bonds is 4. The first-order chi connectivity index (χ1) is 13.2. The molecule has 138 valence electrons. The number of likely N-dealkylation sites (tertiary alicyclic amines) is 1. The predicted molar refractivity (Wildman–Crippen MR) is 95.7 cm³/mol. The highest BCUT2D eigenvalue weighted by atomic mass is 19.1. The lowest BCUT2D eigenvalue weighted by atomic mass is 10.1. The van der Waals surface area contributed by atoms with Gasteiger partial charge in [-0.05, 0) is 49.2 Å². The van der Waals surface area contributed by atoms with Crippen molar-refractivity contribution in [2.75, 3.05) is 13.7 Å². The molecule has 1 saturated heterocycles. The highest BCUT2D eigenvalue weighted by molar-refractivity contribution is 5.94. The number of ether oxygens (including phenoxy) is 1. The summed E-state index contributed by atoms with van der Waals surface area (Å²) in [5.41, 5.74) is 1.22. The fraction of sp³-hybridized carbons (Fsp3) is 0.250. The molecule has 1 atom stereocenters. The van der Waals surface area contributed by atoms with Gasteiger partial charge in [-0.25, -0.2) is 4.39 Å². The molecule has 6 nitrogen and oxygen atoms in total. The lowest BCUT2D eigenvalue weighted by molar-refractivity contribution is 0.0710. The molecule has 27 heavy (non-hydrogen) atoms. The predicted octanol–water partition coefficient (Wildman–Crippen LogP) is 3.86. The minimum Gasteiger partial charge on any atom is -0.497 e. The van der Waals surface area contributed by atoms with Crippen LogP contribution in [0.2, 0.25) is 0 Å². The van der Waals surface area contributed by atoms with Crippen molar-refractivity contribution in [1.82, 2.24) is 15.0 Å². The topological polar surface area (TPSA) is 68.5 Å². The van der Waals surface area contributed by atoms with Gasteiger partial charge in [-0.1, -0.05) is 17.3 Å². The number of hydrogen-bond donors (Lipinski definition) is 0. The van der Waals surface area contributed by atoms with Crippen LogP contribution in [0.25, 0.3) is 11.4 Å². The lowest BCUT2D eigenvalue weighted by Gasteiger charge is -2.21. The third-order valence-corrected chi connectivity index (χ3v) is 4.66. The molecule has 2 aromatic carbocycles. The van der Waals surface area contributed by atoms with Crippen LogP contribution in [0.3, 0.4) is 0 Å². The van der Waals surface area contributed by atoms with E-state index in [1.54, 1.807) is 12.0 Å². The van der Waals surface area contributed by atoms with Gasteiger partial charge < -0.3 is 14.2 Å². The monoisotopic (exact) mass is 367 g/mol. The molecule has 2 heterocycles. The molecule has 1 unspecified atom stereocenters. The summed E-state index contributed by atoms with van der Waals surface area (Å²) in [4.78, 5) is 19.0. The first-order valence-electron chi connectivity index (χ1n) is 8.70. The van der Waals surface area contributed by atoms with Crippen molar-refractivity contribution in [3.63, 3.8) is 0 Å². The number of hydrogen-bond acceptors (Lipinski definition) is 5. The molecule has 0 spiro atoms. The van der Waals surface area contributed by atoms with E-state index in [4.69, 9.17) is 9.26 Å². The Hall–Kier alpha value is -3.22. The second-order valence-electron chi connectivity index (χ2n) is 6.35. The number of halogens is 1. The number of aromatic nitrogens is 2. The van der Waals surface area contributed by atoms with E-state index in [0.29, 0.717) is 29.6 Å². The Labute approximate surface area is 155 Å². The van der Waals surface area contributed by atoms with Crippen LogP contribution in [-0.2, 0) is 0 Å². The summed E-state index contributed by atoms with van der Waals surface area (Å²) in [6.45, 7) is 0.595. The smallest absolute Gasteiger partial charge is 0.254 e. The zero-order valence-corrected chi connectivity index (χ0v) is 14.8. The molecule has 0 saturated carbocycles. The van der Waals surface area contributed by atoms with E-state index >= 15 is 0 Å². The number of amides is 1. The lowest BCUT2D eigenvalue weighted by Crippen LogP contribution is -2.30. The quantitative estimate of drug-likeness (QED) is 0.700. The van der Waals surface area contributed by atoms with Gasteiger partial charge in [-0.2, -0.15) is 4.98 Å². The number of methoxy groups -OCH3 is 1. The van der Waals surface area contributed by atoms with E-state index in [9.17, 15) is 9.18 Å². The normalized spacial score (nSPS) is 16.5. The molecular weight excluding hydrogens is 349 g/mol. The second kappa shape index (κ2) is 7.19. The fourth-order valence-corrected chi connectivity index (χ4v) is 3.27. The maximum absolute atomic E-state index is 13.1. The Morgan fingerprint density at radius 1 is 1.26 bits per heavy atom. The second-order valence-corrected chi connectivity index (χ2v) is 6.35. The Morgan fingerprint density at radius 3 is 2.85 bits per heavy atom. The van der Waals surface area contributed by atoms with Crippen molar-refractivity contribution < 1.29 is 18.4 Å². The van der Waals surface area contributed by atoms with Crippen molar-refractivity contribution in [2.45, 2.75) is 18.9 Å². The van der Waals surface area contributed by atoms with Crippen LogP contribution < -0.4 is 4.74 Å². The number of carbonyl (C=O) groups excluding carboxylic acids is 1. The van der Waals surface area contributed by atoms with Crippen LogP contribution in [0, 0.1) is 5.82 Å². The molecule has 1 aliphatic heterocycles. The highest BCUT2D eigenvalue weighted by Gasteiger charge is 2.34. The fourth-order valence-electron chi connectivity index (χ4n) is 3.27. The molecule has 0 aliphatic carbocycles. The van der Waals surface area contributed by atoms with Gasteiger partial charge in [0.2, 0.25) is 11.7 Å². The molecule has 0 N–H and O–H groups in total. The zero-order chi connectivity index (χ0) is 18.8. The van der Waals surface area contributed by atoms with Gasteiger partial charge in [-0.15, -0.1) is 0 Å². The Morgan fingerprint density at radius 2 is 2.07 bits per heavy atom. The van der Waals surface area contributed by atoms with E-state index in [1.165, 1.54) is 24.3 Å². The standard InChI is InChI=1S/C20H18FN3O3/c1-26-16-5-2-4-14(12-16)18-22-19(27-23-18)17-6-3-11-24(17)20(25)13-7-9-15(21)10-8-13/h2,4-5,7-10,12,17H,3,6,11H2,1H3. The molecule has 1 fully saturated rings. The minimum atomic E-state index is -0.371. The van der Waals surface area contributed by atoms with Crippen LogP contribution in [0.5, 0.6) is 5.75 Å². The van der Waals surface area contributed by atoms with Crippen LogP contribution in [0.4, 0.5) is 4.39 Å². The molecule has 4 rings (SSSR count). The Kier molecular flexibility index (Phi) is 4.58. The van der Waals surface area contributed by atoms with Gasteiger partial charge in [0.25, 0.3) is 5.91 Å². The molecule has 1 amide bonds. The van der Waals surface area contributed by atoms with E-state index < -0.39 is 0 Å². The summed E-state index contributed by atoms with van der Waals surface area (Å²) < 4.78 is 23.8. The molecular formula is C20H18FN3O3. The molecule has 0 radical (unpaired) electrons. The van der Waals surface area contributed by atoms with Gasteiger partial charge in [0, 0.05) is 17.7 Å². The van der Waals surface area contributed by atoms with Crippen molar-refractivity contribution in [1.29, 1.82) is 0 Å². The molecule has 0 bridgehead atoms. The Bertz CT molecular complexity index is 955. The summed E-state index contributed by atoms with van der Waals surface area (Å²) in [7, 11) is 1.60. The average molecular weight is 367 g/mol. The first-order valence-corrected chi connectivity index (χ1v) is 8.70. The largest absolute Gasteiger partial charge is 0.497 e. The van der Waals surface area contributed by atoms with E-state index in [2.05, 4.69) is 10.1 Å². The van der Waals surface area contributed by atoms with Crippen LogP contribution in [0.15, 0.2) is 53.1 Å². The molecule has 1 aliphatic rings. The number of nitrogens with zero attached hydrogens (tertiary/aromatic N) is 3. The van der Waals surface area contributed by atoms with Crippen molar-refractivity contribution in [3.8, 4) is 17.1 Å². The summed E-state index contributed by atoms with van der Waals surface area (Å²) in [6.07, 6.45) is 1.58. The Balaban J connectivity index is 1.58. The minimum absolute atomic E-state index is 0.168. The number of carbonyl (C=O) groups is 1. The van der Waals surface area contributed by atoms with Crippen molar-refractivity contribution in [2.24, 2.45) is 0 Å². The van der Waals surface area contributed by atoms with Crippen LogP contribution in [-0.4, -0.2) is 34.6 Å². The van der Waals surface area contributed by atoms with Crippen LogP contribution >= 0.6 is 0 Å². The van der Waals surface area contributed by atoms with Crippen LogP contribution in [0.1, 0.15) is 35.1 Å². The van der Waals surface area contributed by atoms with Crippen molar-refractivity contribution in [3.05, 3.63) is 65.8 Å². The molecule has 3 aromatic rings. The molecule has 7 heteroatoms. The third kappa shape index (κ3) is 3.40. The average Bonchev–Trinajstić information content (AvgIpc) is 3.37. The summed E-state index contributed by atoms with van der Waals surface area (Å²) in [6, 6.07) is 12.6. The van der Waals surface area contributed by atoms with E-state index in [-0.39, 0.29) is 17.8 Å². The highest BCUT2D eigenvalue weighted by Crippen LogP contribution is 2.33. The van der Waals surface area contributed by atoms with Gasteiger partial charge in [0.1, 0.15) is 17.6 Å². The summed E-state index contributed by atoms with van der Waals surface area (Å²) in [5, 5.41) is 4.06. The summed E-state index contributed by atoms with van der Waals surface area (Å²) >= 11 is 0. The van der Waals surface area contributed by atoms with E-state index in [1.807, 2.05) is 24.3 Å². The maximum atomic E-state index is 13.1. The number of benzene rings is 2.